The molecule has 1 atom stereocenters. The van der Waals surface area contributed by atoms with Gasteiger partial charge in [-0.05, 0) is 30.7 Å². The molecular formula is C16H27N3O. The number of nitrogens with zero attached hydrogens (tertiary/aromatic N) is 2. The molecule has 0 amide bonds. The van der Waals surface area contributed by atoms with E-state index in [0.717, 1.165) is 38.5 Å². The van der Waals surface area contributed by atoms with E-state index < -0.39 is 0 Å². The SMILES string of the molecule is CCN1CCN(C(CN)c2ccc(OC)c(C)c2)CC1. The summed E-state index contributed by atoms with van der Waals surface area (Å²) in [4.78, 5) is 5.00. The number of likely N-dealkylation sites (N-methyl/N-ethyl adjacent to an activating group) is 1. The predicted octanol–water partition coefficient (Wildman–Crippen LogP) is 1.64. The molecule has 20 heavy (non-hydrogen) atoms. The van der Waals surface area contributed by atoms with E-state index in [9.17, 15) is 0 Å². The zero-order valence-corrected chi connectivity index (χ0v) is 12.9. The van der Waals surface area contributed by atoms with Gasteiger partial charge < -0.3 is 15.4 Å². The minimum absolute atomic E-state index is 0.318. The molecule has 1 heterocycles. The minimum atomic E-state index is 0.318. The quantitative estimate of drug-likeness (QED) is 0.888. The average Bonchev–Trinajstić information content (AvgIpc) is 2.49. The molecular weight excluding hydrogens is 250 g/mol. The van der Waals surface area contributed by atoms with Crippen LogP contribution in [-0.4, -0.2) is 56.2 Å². The third-order valence-electron chi connectivity index (χ3n) is 4.32. The van der Waals surface area contributed by atoms with Crippen molar-refractivity contribution in [1.29, 1.82) is 0 Å². The van der Waals surface area contributed by atoms with E-state index in [0.29, 0.717) is 12.6 Å². The Bertz CT molecular complexity index is 428. The van der Waals surface area contributed by atoms with E-state index in [1.807, 2.05) is 0 Å². The Morgan fingerprint density at radius 1 is 1.25 bits per heavy atom. The second kappa shape index (κ2) is 7.07. The van der Waals surface area contributed by atoms with Crippen molar-refractivity contribution in [3.8, 4) is 5.75 Å². The maximum Gasteiger partial charge on any atom is 0.121 e. The largest absolute Gasteiger partial charge is 0.496 e. The summed E-state index contributed by atoms with van der Waals surface area (Å²) in [7, 11) is 1.71. The normalized spacial score (nSPS) is 19.0. The molecule has 1 aromatic rings. The van der Waals surface area contributed by atoms with Gasteiger partial charge in [0.05, 0.1) is 7.11 Å². The summed E-state index contributed by atoms with van der Waals surface area (Å²) < 4.78 is 5.34. The molecule has 1 fully saturated rings. The molecule has 1 aliphatic heterocycles. The lowest BCUT2D eigenvalue weighted by molar-refractivity contribution is 0.102. The Hall–Kier alpha value is -1.10. The standard InChI is InChI=1S/C16H27N3O/c1-4-18-7-9-19(10-8-18)15(12-17)14-5-6-16(20-3)13(2)11-14/h5-6,11,15H,4,7-10,12,17H2,1-3H3. The summed E-state index contributed by atoms with van der Waals surface area (Å²) in [6, 6.07) is 6.73. The van der Waals surface area contributed by atoms with Crippen LogP contribution in [0.15, 0.2) is 18.2 Å². The minimum Gasteiger partial charge on any atom is -0.496 e. The first-order chi connectivity index (χ1) is 9.69. The van der Waals surface area contributed by atoms with E-state index in [-0.39, 0.29) is 0 Å². The van der Waals surface area contributed by atoms with Crippen molar-refractivity contribution in [3.63, 3.8) is 0 Å². The summed E-state index contributed by atoms with van der Waals surface area (Å²) in [5.41, 5.74) is 8.52. The number of hydrogen-bond acceptors (Lipinski definition) is 4. The van der Waals surface area contributed by atoms with Crippen LogP contribution in [0.3, 0.4) is 0 Å². The van der Waals surface area contributed by atoms with Crippen molar-refractivity contribution in [2.24, 2.45) is 5.73 Å². The van der Waals surface area contributed by atoms with Crippen LogP contribution in [0.5, 0.6) is 5.75 Å². The number of rotatable bonds is 5. The van der Waals surface area contributed by atoms with Crippen LogP contribution in [0.25, 0.3) is 0 Å². The Kier molecular flexibility index (Phi) is 5.40. The molecule has 0 saturated carbocycles. The number of nitrogens with two attached hydrogens (primary N) is 1. The van der Waals surface area contributed by atoms with Crippen LogP contribution in [0.2, 0.25) is 0 Å². The Morgan fingerprint density at radius 3 is 2.45 bits per heavy atom. The fraction of sp³-hybridized carbons (Fsp3) is 0.625. The summed E-state index contributed by atoms with van der Waals surface area (Å²) in [5, 5.41) is 0. The second-order valence-electron chi connectivity index (χ2n) is 5.45. The first-order valence-electron chi connectivity index (χ1n) is 7.50. The van der Waals surface area contributed by atoms with Gasteiger partial charge in [0.1, 0.15) is 5.75 Å². The zero-order valence-electron chi connectivity index (χ0n) is 12.9. The number of piperazine rings is 1. The molecule has 112 valence electrons. The van der Waals surface area contributed by atoms with Crippen molar-refractivity contribution in [2.45, 2.75) is 19.9 Å². The zero-order chi connectivity index (χ0) is 14.5. The fourth-order valence-corrected chi connectivity index (χ4v) is 3.00. The maximum atomic E-state index is 6.04. The lowest BCUT2D eigenvalue weighted by Crippen LogP contribution is -2.48. The van der Waals surface area contributed by atoms with E-state index >= 15 is 0 Å². The molecule has 0 radical (unpaired) electrons. The van der Waals surface area contributed by atoms with Crippen LogP contribution in [0.4, 0.5) is 0 Å². The topological polar surface area (TPSA) is 41.7 Å². The highest BCUT2D eigenvalue weighted by atomic mass is 16.5. The molecule has 0 bridgehead atoms. The molecule has 1 saturated heterocycles. The molecule has 0 aliphatic carbocycles. The van der Waals surface area contributed by atoms with E-state index in [4.69, 9.17) is 10.5 Å². The molecule has 0 spiro atoms. The molecule has 0 aromatic heterocycles. The highest BCUT2D eigenvalue weighted by Gasteiger charge is 2.23. The summed E-state index contributed by atoms with van der Waals surface area (Å²) >= 11 is 0. The third-order valence-corrected chi connectivity index (χ3v) is 4.32. The van der Waals surface area contributed by atoms with Crippen molar-refractivity contribution in [3.05, 3.63) is 29.3 Å². The highest BCUT2D eigenvalue weighted by Crippen LogP contribution is 2.26. The number of benzene rings is 1. The molecule has 1 unspecified atom stereocenters. The van der Waals surface area contributed by atoms with E-state index in [2.05, 4.69) is 41.8 Å². The van der Waals surface area contributed by atoms with Crippen LogP contribution >= 0.6 is 0 Å². The van der Waals surface area contributed by atoms with Crippen molar-refractivity contribution in [1.82, 2.24) is 9.80 Å². The summed E-state index contributed by atoms with van der Waals surface area (Å²) in [5.74, 6) is 0.945. The molecule has 4 nitrogen and oxygen atoms in total. The molecule has 2 rings (SSSR count). The number of ether oxygens (including phenoxy) is 1. The second-order valence-corrected chi connectivity index (χ2v) is 5.45. The summed E-state index contributed by atoms with van der Waals surface area (Å²) in [6.07, 6.45) is 0. The molecule has 4 heteroatoms. The van der Waals surface area contributed by atoms with E-state index in [1.165, 1.54) is 11.1 Å². The lowest BCUT2D eigenvalue weighted by Gasteiger charge is -2.38. The van der Waals surface area contributed by atoms with Crippen molar-refractivity contribution >= 4 is 0 Å². The first-order valence-corrected chi connectivity index (χ1v) is 7.50. The van der Waals surface area contributed by atoms with Gasteiger partial charge in [0.2, 0.25) is 0 Å². The van der Waals surface area contributed by atoms with Gasteiger partial charge in [0.25, 0.3) is 0 Å². The van der Waals surface area contributed by atoms with Gasteiger partial charge in [0, 0.05) is 38.8 Å². The Balaban J connectivity index is 2.10. The highest BCUT2D eigenvalue weighted by molar-refractivity contribution is 5.37. The first kappa shape index (κ1) is 15.3. The van der Waals surface area contributed by atoms with Gasteiger partial charge >= 0.3 is 0 Å². The van der Waals surface area contributed by atoms with E-state index in [1.54, 1.807) is 7.11 Å². The van der Waals surface area contributed by atoms with Crippen LogP contribution < -0.4 is 10.5 Å². The Labute approximate surface area is 122 Å². The Morgan fingerprint density at radius 2 is 1.95 bits per heavy atom. The molecule has 1 aromatic carbocycles. The average molecular weight is 277 g/mol. The number of methoxy groups -OCH3 is 1. The monoisotopic (exact) mass is 277 g/mol. The van der Waals surface area contributed by atoms with Crippen LogP contribution in [-0.2, 0) is 0 Å². The molecule has 2 N–H and O–H groups in total. The summed E-state index contributed by atoms with van der Waals surface area (Å²) in [6.45, 7) is 10.6. The van der Waals surface area contributed by atoms with Crippen molar-refractivity contribution < 1.29 is 4.74 Å². The maximum absolute atomic E-state index is 6.04. The van der Waals surface area contributed by atoms with Gasteiger partial charge in [-0.3, -0.25) is 4.90 Å². The molecule has 1 aliphatic rings. The van der Waals surface area contributed by atoms with Crippen LogP contribution in [0.1, 0.15) is 24.1 Å². The lowest BCUT2D eigenvalue weighted by atomic mass is 10.0. The van der Waals surface area contributed by atoms with Gasteiger partial charge in [-0.25, -0.2) is 0 Å². The van der Waals surface area contributed by atoms with Gasteiger partial charge in [-0.1, -0.05) is 19.1 Å². The fourth-order valence-electron chi connectivity index (χ4n) is 3.00. The van der Waals surface area contributed by atoms with Crippen molar-refractivity contribution in [2.75, 3.05) is 46.4 Å². The third kappa shape index (κ3) is 3.32. The number of aryl methyl sites for hydroxylation is 1. The smallest absolute Gasteiger partial charge is 0.121 e. The number of hydrogen-bond donors (Lipinski definition) is 1. The van der Waals surface area contributed by atoms with Gasteiger partial charge in [-0.15, -0.1) is 0 Å². The van der Waals surface area contributed by atoms with Gasteiger partial charge in [0.15, 0.2) is 0 Å². The van der Waals surface area contributed by atoms with Gasteiger partial charge in [-0.2, -0.15) is 0 Å². The van der Waals surface area contributed by atoms with Crippen LogP contribution in [0, 0.1) is 6.92 Å². The predicted molar refractivity (Wildman–Crippen MR) is 83.2 cm³/mol.